The van der Waals surface area contributed by atoms with Crippen molar-refractivity contribution >= 4 is 27.6 Å². The highest BCUT2D eigenvalue weighted by Gasteiger charge is 2.30. The molecule has 3 heterocycles. The molecule has 1 aromatic carbocycles. The Morgan fingerprint density at radius 3 is 2.75 bits per heavy atom. The van der Waals surface area contributed by atoms with Gasteiger partial charge in [-0.05, 0) is 42.5 Å². The number of pyridine rings is 1. The number of nitrogens with one attached hydrogen (secondary N) is 3. The first-order valence-corrected chi connectivity index (χ1v) is 12.7. The molecule has 0 fully saturated rings. The molecule has 1 aliphatic rings. The summed E-state index contributed by atoms with van der Waals surface area (Å²) in [5.41, 5.74) is 1.30. The fourth-order valence-electron chi connectivity index (χ4n) is 4.13. The van der Waals surface area contributed by atoms with E-state index in [0.717, 1.165) is 11.6 Å². The van der Waals surface area contributed by atoms with E-state index in [9.17, 15) is 17.8 Å². The number of fused-ring (bicyclic) bond motifs is 1. The topological polar surface area (TPSA) is 124 Å². The quantitative estimate of drug-likeness (QED) is 0.425. The molecule has 186 valence electrons. The molecule has 0 bridgehead atoms. The molecule has 0 spiro atoms. The average molecular weight is 511 g/mol. The van der Waals surface area contributed by atoms with Gasteiger partial charge < -0.3 is 9.88 Å². The third kappa shape index (κ3) is 5.35. The second-order valence-corrected chi connectivity index (χ2v) is 10.5. The maximum Gasteiger partial charge on any atom is 0.272 e. The van der Waals surface area contributed by atoms with Crippen molar-refractivity contribution in [1.29, 1.82) is 10.0 Å². The average Bonchev–Trinajstić information content (AvgIpc) is 3.11. The van der Waals surface area contributed by atoms with Gasteiger partial charge in [0, 0.05) is 36.6 Å². The Morgan fingerprint density at radius 2 is 2.06 bits per heavy atom. The van der Waals surface area contributed by atoms with Gasteiger partial charge >= 0.3 is 0 Å². The molecule has 3 aromatic rings. The van der Waals surface area contributed by atoms with Crippen molar-refractivity contribution in [3.8, 4) is 6.07 Å². The minimum atomic E-state index is -3.46. The van der Waals surface area contributed by atoms with Gasteiger partial charge in [0.05, 0.1) is 4.90 Å². The van der Waals surface area contributed by atoms with E-state index in [0.29, 0.717) is 18.4 Å². The number of nitriles is 1. The first-order valence-electron chi connectivity index (χ1n) is 11.1. The standard InChI is InChI=1S/C25H24F2N6O2S/c1-15(3-4-16-5-7-17(26)8-6-16)21-10-9-20-22(36(29,35)32-21)14-33(2)24(20)25(34)31-18-11-19(13-28)30-23(27)12-18/h5-12,14-15,21H,3-4H2,1-2H3,(H2,29,32,35)(H,30,31,34)/t15-,21+,36?/m0/s1. The zero-order valence-corrected chi connectivity index (χ0v) is 20.4. The molecule has 3 atom stereocenters. The molecule has 36 heavy (non-hydrogen) atoms. The maximum atomic E-state index is 13.7. The lowest BCUT2D eigenvalue weighted by Crippen LogP contribution is -2.36. The second-order valence-electron chi connectivity index (χ2n) is 8.70. The molecule has 0 aliphatic carbocycles. The van der Waals surface area contributed by atoms with Crippen molar-refractivity contribution in [2.24, 2.45) is 13.0 Å². The summed E-state index contributed by atoms with van der Waals surface area (Å²) < 4.78 is 53.2. The van der Waals surface area contributed by atoms with E-state index in [1.54, 1.807) is 37.4 Å². The monoisotopic (exact) mass is 510 g/mol. The molecule has 0 radical (unpaired) electrons. The van der Waals surface area contributed by atoms with E-state index in [1.165, 1.54) is 29.0 Å². The van der Waals surface area contributed by atoms with Crippen LogP contribution >= 0.6 is 0 Å². The molecule has 0 saturated heterocycles. The first kappa shape index (κ1) is 25.2. The Hall–Kier alpha value is -3.88. The van der Waals surface area contributed by atoms with Gasteiger partial charge in [-0.25, -0.2) is 23.1 Å². The molecule has 4 rings (SSSR count). The van der Waals surface area contributed by atoms with E-state index < -0.39 is 27.8 Å². The van der Waals surface area contributed by atoms with Gasteiger partial charge in [0.2, 0.25) is 5.95 Å². The number of aryl methyl sites for hydroxylation is 2. The van der Waals surface area contributed by atoms with Crippen LogP contribution in [0.4, 0.5) is 14.5 Å². The SMILES string of the molecule is C[C@@H](CCc1ccc(F)cc1)[C@H]1C=Cc2c(cn(C)c2C(=O)Nc2cc(F)nc(C#N)c2)S(=N)(=O)N1. The van der Waals surface area contributed by atoms with Crippen LogP contribution in [0.1, 0.15) is 40.7 Å². The minimum absolute atomic E-state index is 0.0169. The lowest BCUT2D eigenvalue weighted by atomic mass is 9.94. The summed E-state index contributed by atoms with van der Waals surface area (Å²) in [5.74, 6) is -1.84. The largest absolute Gasteiger partial charge is 0.345 e. The number of hydrogen-bond acceptors (Lipinski definition) is 5. The zero-order valence-electron chi connectivity index (χ0n) is 19.6. The van der Waals surface area contributed by atoms with Crippen LogP contribution in [0.5, 0.6) is 0 Å². The van der Waals surface area contributed by atoms with Gasteiger partial charge in [-0.15, -0.1) is 0 Å². The van der Waals surface area contributed by atoms with Crippen molar-refractivity contribution in [1.82, 2.24) is 14.3 Å². The summed E-state index contributed by atoms with van der Waals surface area (Å²) in [4.78, 5) is 16.7. The number of nitrogens with zero attached hydrogens (tertiary/aromatic N) is 3. The molecular formula is C25H24F2N6O2S. The number of halogens is 2. The predicted molar refractivity (Wildman–Crippen MR) is 131 cm³/mol. The third-order valence-electron chi connectivity index (χ3n) is 6.06. The molecular weight excluding hydrogens is 486 g/mol. The molecule has 0 saturated carbocycles. The van der Waals surface area contributed by atoms with Crippen LogP contribution in [0.25, 0.3) is 6.08 Å². The van der Waals surface area contributed by atoms with E-state index in [-0.39, 0.29) is 33.7 Å². The number of hydrogen-bond donors (Lipinski definition) is 3. The number of carbonyl (C=O) groups is 1. The highest BCUT2D eigenvalue weighted by molar-refractivity contribution is 7.90. The van der Waals surface area contributed by atoms with E-state index in [2.05, 4.69) is 15.0 Å². The Labute approximate surface area is 207 Å². The van der Waals surface area contributed by atoms with Gasteiger partial charge in [0.25, 0.3) is 5.91 Å². The van der Waals surface area contributed by atoms with Gasteiger partial charge in [0.1, 0.15) is 33.2 Å². The van der Waals surface area contributed by atoms with Crippen LogP contribution in [0, 0.1) is 33.8 Å². The summed E-state index contributed by atoms with van der Waals surface area (Å²) in [6, 6.07) is 9.82. The fraction of sp³-hybridized carbons (Fsp3) is 0.240. The van der Waals surface area contributed by atoms with Gasteiger partial charge in [-0.1, -0.05) is 31.2 Å². The number of anilines is 1. The predicted octanol–water partition coefficient (Wildman–Crippen LogP) is 4.40. The maximum absolute atomic E-state index is 13.7. The van der Waals surface area contributed by atoms with Crippen LogP contribution in [-0.4, -0.2) is 25.7 Å². The van der Waals surface area contributed by atoms with Crippen LogP contribution in [0.2, 0.25) is 0 Å². The van der Waals surface area contributed by atoms with Crippen LogP contribution < -0.4 is 10.0 Å². The van der Waals surface area contributed by atoms with Crippen molar-refractivity contribution in [2.45, 2.75) is 30.7 Å². The Kier molecular flexibility index (Phi) is 7.01. The lowest BCUT2D eigenvalue weighted by Gasteiger charge is -2.22. The molecule has 8 nitrogen and oxygen atoms in total. The molecule has 1 aliphatic heterocycles. The van der Waals surface area contributed by atoms with Crippen molar-refractivity contribution < 1.29 is 17.8 Å². The lowest BCUT2D eigenvalue weighted by molar-refractivity contribution is 0.101. The minimum Gasteiger partial charge on any atom is -0.345 e. The normalized spacial score (nSPS) is 19.7. The zero-order chi connectivity index (χ0) is 26.0. The Bertz CT molecular complexity index is 1490. The van der Waals surface area contributed by atoms with E-state index in [4.69, 9.17) is 10.0 Å². The second kappa shape index (κ2) is 10.0. The van der Waals surface area contributed by atoms with Gasteiger partial charge in [0.15, 0.2) is 0 Å². The van der Waals surface area contributed by atoms with Gasteiger partial charge in [-0.2, -0.15) is 9.65 Å². The smallest absolute Gasteiger partial charge is 0.272 e. The van der Waals surface area contributed by atoms with Crippen molar-refractivity contribution in [2.75, 3.05) is 5.32 Å². The summed E-state index contributed by atoms with van der Waals surface area (Å²) >= 11 is 0. The fourth-order valence-corrected chi connectivity index (χ4v) is 5.73. The van der Waals surface area contributed by atoms with E-state index >= 15 is 0 Å². The number of amides is 1. The molecule has 1 unspecified atom stereocenters. The molecule has 2 aromatic heterocycles. The number of rotatable bonds is 6. The van der Waals surface area contributed by atoms with Crippen molar-refractivity contribution in [3.63, 3.8) is 0 Å². The third-order valence-corrected chi connectivity index (χ3v) is 7.61. The number of carbonyl (C=O) groups excluding carboxylic acids is 1. The number of benzene rings is 1. The van der Waals surface area contributed by atoms with Gasteiger partial charge in [-0.3, -0.25) is 4.79 Å². The molecule has 3 N–H and O–H groups in total. The van der Waals surface area contributed by atoms with Crippen LogP contribution in [-0.2, 0) is 23.4 Å². The Balaban J connectivity index is 1.58. The van der Waals surface area contributed by atoms with Crippen LogP contribution in [0.15, 0.2) is 53.6 Å². The summed E-state index contributed by atoms with van der Waals surface area (Å²) in [5, 5.41) is 11.5. The number of aromatic nitrogens is 2. The molecule has 11 heteroatoms. The van der Waals surface area contributed by atoms with Crippen molar-refractivity contribution in [3.05, 3.63) is 83.0 Å². The van der Waals surface area contributed by atoms with E-state index in [1.807, 2.05) is 6.92 Å². The molecule has 1 amide bonds. The summed E-state index contributed by atoms with van der Waals surface area (Å²) in [6.45, 7) is 1.97. The first-order chi connectivity index (χ1) is 17.1. The highest BCUT2D eigenvalue weighted by atomic mass is 32.2. The van der Waals surface area contributed by atoms with Crippen LogP contribution in [0.3, 0.4) is 0 Å². The summed E-state index contributed by atoms with van der Waals surface area (Å²) in [7, 11) is -1.88. The Morgan fingerprint density at radius 1 is 1.33 bits per heavy atom. The highest BCUT2D eigenvalue weighted by Crippen LogP contribution is 2.29. The summed E-state index contributed by atoms with van der Waals surface area (Å²) in [6.07, 6.45) is 6.30.